The smallest absolute Gasteiger partial charge is 0.335 e. The van der Waals surface area contributed by atoms with Crippen LogP contribution in [0.15, 0.2) is 24.3 Å². The number of urea groups is 1. The normalized spacial score (nSPS) is 18.3. The maximum absolute atomic E-state index is 11.7. The summed E-state index contributed by atoms with van der Waals surface area (Å²) in [6.45, 7) is 1.68. The standard InChI is InChI=1S/C14H18N2O4/c17-13(18)11-5-3-10(4-6-11)8-15-14(19)16-12-2-1-7-20-9-12/h3-6,12H,1-2,7-9H2,(H,17,18)(H2,15,16,19)/t12-/m0/s1. The van der Waals surface area contributed by atoms with Gasteiger partial charge in [0, 0.05) is 13.2 Å². The highest BCUT2D eigenvalue weighted by atomic mass is 16.5. The Labute approximate surface area is 117 Å². The highest BCUT2D eigenvalue weighted by Gasteiger charge is 2.15. The number of ether oxygens (including phenoxy) is 1. The quantitative estimate of drug-likeness (QED) is 0.776. The monoisotopic (exact) mass is 278 g/mol. The second-order valence-electron chi connectivity index (χ2n) is 4.74. The lowest BCUT2D eigenvalue weighted by molar-refractivity contribution is 0.0697. The van der Waals surface area contributed by atoms with Crippen molar-refractivity contribution in [2.24, 2.45) is 0 Å². The van der Waals surface area contributed by atoms with Crippen molar-refractivity contribution in [3.63, 3.8) is 0 Å². The molecule has 6 nitrogen and oxygen atoms in total. The first-order valence-electron chi connectivity index (χ1n) is 6.59. The molecule has 1 fully saturated rings. The van der Waals surface area contributed by atoms with Crippen LogP contribution in [0.2, 0.25) is 0 Å². The van der Waals surface area contributed by atoms with Crippen LogP contribution in [0.5, 0.6) is 0 Å². The number of rotatable bonds is 4. The van der Waals surface area contributed by atoms with Crippen molar-refractivity contribution < 1.29 is 19.4 Å². The van der Waals surface area contributed by atoms with Crippen LogP contribution < -0.4 is 10.6 Å². The molecule has 0 unspecified atom stereocenters. The summed E-state index contributed by atoms with van der Waals surface area (Å²) in [6, 6.07) is 6.25. The third-order valence-electron chi connectivity index (χ3n) is 3.15. The van der Waals surface area contributed by atoms with Crippen LogP contribution >= 0.6 is 0 Å². The number of benzene rings is 1. The number of hydrogen-bond donors (Lipinski definition) is 3. The molecule has 0 saturated carbocycles. The summed E-state index contributed by atoms with van der Waals surface area (Å²) in [5, 5.41) is 14.4. The molecule has 2 amide bonds. The molecule has 1 saturated heterocycles. The molecular formula is C14H18N2O4. The van der Waals surface area contributed by atoms with Crippen molar-refractivity contribution >= 4 is 12.0 Å². The molecule has 1 aliphatic rings. The number of hydrogen-bond acceptors (Lipinski definition) is 3. The second-order valence-corrected chi connectivity index (χ2v) is 4.74. The van der Waals surface area contributed by atoms with E-state index in [1.165, 1.54) is 12.1 Å². The molecule has 0 spiro atoms. The predicted molar refractivity (Wildman–Crippen MR) is 72.6 cm³/mol. The second kappa shape index (κ2) is 6.91. The van der Waals surface area contributed by atoms with E-state index in [-0.39, 0.29) is 17.6 Å². The minimum Gasteiger partial charge on any atom is -0.478 e. The van der Waals surface area contributed by atoms with Gasteiger partial charge in [0.25, 0.3) is 0 Å². The summed E-state index contributed by atoms with van der Waals surface area (Å²) in [5.74, 6) is -0.959. The molecule has 0 bridgehead atoms. The van der Waals surface area contributed by atoms with Gasteiger partial charge in [0.1, 0.15) is 0 Å². The molecule has 2 rings (SSSR count). The van der Waals surface area contributed by atoms with E-state index in [2.05, 4.69) is 10.6 Å². The maximum atomic E-state index is 11.7. The van der Waals surface area contributed by atoms with Gasteiger partial charge in [-0.25, -0.2) is 9.59 Å². The molecular weight excluding hydrogens is 260 g/mol. The van der Waals surface area contributed by atoms with E-state index in [4.69, 9.17) is 9.84 Å². The third-order valence-corrected chi connectivity index (χ3v) is 3.15. The van der Waals surface area contributed by atoms with Crippen molar-refractivity contribution in [1.82, 2.24) is 10.6 Å². The van der Waals surface area contributed by atoms with Gasteiger partial charge in [-0.05, 0) is 30.5 Å². The first kappa shape index (κ1) is 14.3. The summed E-state index contributed by atoms with van der Waals surface area (Å²) in [5.41, 5.74) is 1.09. The molecule has 0 aromatic heterocycles. The lowest BCUT2D eigenvalue weighted by atomic mass is 10.1. The summed E-state index contributed by atoms with van der Waals surface area (Å²) >= 11 is 0. The number of nitrogens with one attached hydrogen (secondary N) is 2. The van der Waals surface area contributed by atoms with Crippen LogP contribution in [-0.4, -0.2) is 36.4 Å². The highest BCUT2D eigenvalue weighted by Crippen LogP contribution is 2.06. The zero-order valence-electron chi connectivity index (χ0n) is 11.1. The largest absolute Gasteiger partial charge is 0.478 e. The maximum Gasteiger partial charge on any atom is 0.335 e. The number of carbonyl (C=O) groups excluding carboxylic acids is 1. The molecule has 108 valence electrons. The first-order valence-corrected chi connectivity index (χ1v) is 6.59. The van der Waals surface area contributed by atoms with Gasteiger partial charge in [-0.15, -0.1) is 0 Å². The van der Waals surface area contributed by atoms with Crippen molar-refractivity contribution in [1.29, 1.82) is 0 Å². The van der Waals surface area contributed by atoms with Gasteiger partial charge in [-0.1, -0.05) is 12.1 Å². The lowest BCUT2D eigenvalue weighted by Crippen LogP contribution is -2.45. The minimum absolute atomic E-state index is 0.0677. The molecule has 3 N–H and O–H groups in total. The topological polar surface area (TPSA) is 87.7 Å². The predicted octanol–water partition coefficient (Wildman–Crippen LogP) is 1.36. The average molecular weight is 278 g/mol. The Bertz CT molecular complexity index is 467. The number of aromatic carboxylic acids is 1. The van der Waals surface area contributed by atoms with E-state index in [1.807, 2.05) is 0 Å². The SMILES string of the molecule is O=C(NCc1ccc(C(=O)O)cc1)N[C@H]1CCCOC1. The van der Waals surface area contributed by atoms with E-state index in [1.54, 1.807) is 12.1 Å². The highest BCUT2D eigenvalue weighted by molar-refractivity contribution is 5.87. The number of carboxylic acid groups (broad SMARTS) is 1. The van der Waals surface area contributed by atoms with Gasteiger partial charge < -0.3 is 20.5 Å². The molecule has 20 heavy (non-hydrogen) atoms. The summed E-state index contributed by atoms with van der Waals surface area (Å²) < 4.78 is 5.28. The number of carboxylic acids is 1. The molecule has 1 aromatic rings. The third kappa shape index (κ3) is 4.24. The van der Waals surface area contributed by atoms with Crippen LogP contribution in [0.1, 0.15) is 28.8 Å². The first-order chi connectivity index (χ1) is 9.65. The average Bonchev–Trinajstić information content (AvgIpc) is 2.46. The molecule has 6 heteroatoms. The van der Waals surface area contributed by atoms with Gasteiger partial charge >= 0.3 is 12.0 Å². The van der Waals surface area contributed by atoms with E-state index < -0.39 is 5.97 Å². The van der Waals surface area contributed by atoms with E-state index in [0.29, 0.717) is 13.2 Å². The Balaban J connectivity index is 1.76. The fourth-order valence-electron chi connectivity index (χ4n) is 2.04. The molecule has 1 aliphatic heterocycles. The summed E-state index contributed by atoms with van der Waals surface area (Å²) in [7, 11) is 0. The Morgan fingerprint density at radius 1 is 1.30 bits per heavy atom. The van der Waals surface area contributed by atoms with Crippen molar-refractivity contribution in [2.75, 3.05) is 13.2 Å². The van der Waals surface area contributed by atoms with Gasteiger partial charge in [-0.3, -0.25) is 0 Å². The molecule has 1 heterocycles. The molecule has 0 radical (unpaired) electrons. The van der Waals surface area contributed by atoms with Crippen LogP contribution in [0, 0.1) is 0 Å². The minimum atomic E-state index is -0.959. The Hall–Kier alpha value is -2.08. The van der Waals surface area contributed by atoms with Gasteiger partial charge in [0.05, 0.1) is 18.2 Å². The van der Waals surface area contributed by atoms with E-state index >= 15 is 0 Å². The van der Waals surface area contributed by atoms with Gasteiger partial charge in [-0.2, -0.15) is 0 Å². The zero-order chi connectivity index (χ0) is 14.4. The Morgan fingerprint density at radius 3 is 2.65 bits per heavy atom. The fourth-order valence-corrected chi connectivity index (χ4v) is 2.04. The van der Waals surface area contributed by atoms with Crippen molar-refractivity contribution in [3.8, 4) is 0 Å². The summed E-state index contributed by atoms with van der Waals surface area (Å²) in [4.78, 5) is 22.4. The van der Waals surface area contributed by atoms with E-state index in [0.717, 1.165) is 25.0 Å². The van der Waals surface area contributed by atoms with Gasteiger partial charge in [0.15, 0.2) is 0 Å². The van der Waals surface area contributed by atoms with Crippen LogP contribution in [-0.2, 0) is 11.3 Å². The van der Waals surface area contributed by atoms with Crippen LogP contribution in [0.25, 0.3) is 0 Å². The van der Waals surface area contributed by atoms with E-state index in [9.17, 15) is 9.59 Å². The zero-order valence-corrected chi connectivity index (χ0v) is 11.1. The molecule has 1 aromatic carbocycles. The fraction of sp³-hybridized carbons (Fsp3) is 0.429. The number of amides is 2. The van der Waals surface area contributed by atoms with Gasteiger partial charge in [0.2, 0.25) is 0 Å². The molecule has 1 atom stereocenters. The number of carbonyl (C=O) groups is 2. The van der Waals surface area contributed by atoms with Crippen LogP contribution in [0.3, 0.4) is 0 Å². The van der Waals surface area contributed by atoms with Crippen LogP contribution in [0.4, 0.5) is 4.79 Å². The summed E-state index contributed by atoms with van der Waals surface area (Å²) in [6.07, 6.45) is 1.89. The van der Waals surface area contributed by atoms with Crippen molar-refractivity contribution in [2.45, 2.75) is 25.4 Å². The Kier molecular flexibility index (Phi) is 4.95. The van der Waals surface area contributed by atoms with Crippen molar-refractivity contribution in [3.05, 3.63) is 35.4 Å². The lowest BCUT2D eigenvalue weighted by Gasteiger charge is -2.23. The molecule has 0 aliphatic carbocycles. The Morgan fingerprint density at radius 2 is 2.05 bits per heavy atom.